The maximum Gasteiger partial charge on any atom is 0.191 e. The van der Waals surface area contributed by atoms with Crippen molar-refractivity contribution < 1.29 is 4.43 Å². The molecule has 0 bridgehead atoms. The van der Waals surface area contributed by atoms with Crippen LogP contribution in [0.4, 0.5) is 0 Å². The summed E-state index contributed by atoms with van der Waals surface area (Å²) >= 11 is 5.12. The van der Waals surface area contributed by atoms with Gasteiger partial charge < -0.3 is 4.43 Å². The van der Waals surface area contributed by atoms with E-state index in [2.05, 4.69) is 54.8 Å². The second-order valence-electron chi connectivity index (χ2n) is 6.20. The number of hydrogen-bond acceptors (Lipinski definition) is 3. The molecule has 0 unspecified atom stereocenters. The molecule has 0 spiro atoms. The van der Waals surface area contributed by atoms with Crippen LogP contribution in [-0.4, -0.2) is 19.9 Å². The highest BCUT2D eigenvalue weighted by molar-refractivity contribution is 9.11. The summed E-state index contributed by atoms with van der Waals surface area (Å²) in [7, 11) is -1.64. The third-order valence-electron chi connectivity index (χ3n) is 3.61. The number of thioether (sulfide) groups is 1. The van der Waals surface area contributed by atoms with Gasteiger partial charge in [0.1, 0.15) is 5.03 Å². The van der Waals surface area contributed by atoms with Gasteiger partial charge in [0.2, 0.25) is 0 Å². The highest BCUT2D eigenvalue weighted by atomic mass is 79.9. The van der Waals surface area contributed by atoms with Gasteiger partial charge in [-0.25, -0.2) is 4.98 Å². The van der Waals surface area contributed by atoms with E-state index in [0.717, 1.165) is 18.1 Å². The maximum atomic E-state index is 6.21. The minimum absolute atomic E-state index is 0.263. The molecule has 1 aromatic rings. The molecule has 0 aromatic carbocycles. The molecule has 0 atom stereocenters. The molecule has 112 valence electrons. The summed E-state index contributed by atoms with van der Waals surface area (Å²) in [6.07, 6.45) is 2.74. The number of nitrogens with zero attached hydrogens (tertiary/aromatic N) is 1. The van der Waals surface area contributed by atoms with Crippen LogP contribution < -0.4 is 0 Å². The summed E-state index contributed by atoms with van der Waals surface area (Å²) in [5, 5.41) is 1.28. The van der Waals surface area contributed by atoms with Crippen molar-refractivity contribution in [3.05, 3.63) is 34.3 Å². The number of aromatic nitrogens is 1. The number of halogens is 1. The van der Waals surface area contributed by atoms with Crippen LogP contribution in [-0.2, 0) is 4.43 Å². The molecule has 2 nitrogen and oxygen atoms in total. The Morgan fingerprint density at radius 2 is 2.10 bits per heavy atom. The van der Waals surface area contributed by atoms with Crippen molar-refractivity contribution in [3.8, 4) is 0 Å². The molecule has 1 aromatic heterocycles. The molecule has 0 N–H and O–H groups in total. The van der Waals surface area contributed by atoms with E-state index < -0.39 is 8.32 Å². The van der Waals surface area contributed by atoms with Crippen molar-refractivity contribution >= 4 is 36.0 Å². The molecule has 0 radical (unpaired) electrons. The highest BCUT2D eigenvalue weighted by Gasteiger charge is 2.36. The van der Waals surface area contributed by atoms with Gasteiger partial charge in [0.05, 0.1) is 0 Å². The number of hydrogen-bond donors (Lipinski definition) is 0. The first-order chi connectivity index (χ1) is 9.26. The molecule has 0 aliphatic heterocycles. The van der Waals surface area contributed by atoms with Crippen LogP contribution in [0.3, 0.4) is 0 Å². The predicted octanol–water partition coefficient (Wildman–Crippen LogP) is 5.82. The highest BCUT2D eigenvalue weighted by Crippen LogP contribution is 2.37. The Morgan fingerprint density at radius 3 is 2.60 bits per heavy atom. The van der Waals surface area contributed by atoms with Gasteiger partial charge in [0, 0.05) is 24.1 Å². The Labute approximate surface area is 136 Å². The van der Waals surface area contributed by atoms with Crippen LogP contribution in [0.25, 0.3) is 0 Å². The van der Waals surface area contributed by atoms with Gasteiger partial charge in [0.25, 0.3) is 0 Å². The molecule has 0 saturated carbocycles. The molecule has 0 aliphatic rings. The predicted molar refractivity (Wildman–Crippen MR) is 94.9 cm³/mol. The molecule has 0 amide bonds. The van der Waals surface area contributed by atoms with Gasteiger partial charge in [-0.05, 0) is 35.3 Å². The average Bonchev–Trinajstić information content (AvgIpc) is 2.37. The Morgan fingerprint density at radius 1 is 1.40 bits per heavy atom. The summed E-state index contributed by atoms with van der Waals surface area (Å²) in [5.74, 6) is 0. The molecule has 0 saturated heterocycles. The van der Waals surface area contributed by atoms with Crippen LogP contribution in [0.1, 0.15) is 27.2 Å². The number of pyridine rings is 1. The first-order valence-electron chi connectivity index (χ1n) is 6.78. The van der Waals surface area contributed by atoms with Crippen molar-refractivity contribution in [2.24, 2.45) is 0 Å². The maximum absolute atomic E-state index is 6.21. The molecule has 5 heteroatoms. The fourth-order valence-electron chi connectivity index (χ4n) is 1.29. The average molecular weight is 374 g/mol. The molecular formula is C15H24BrNOSSi. The van der Waals surface area contributed by atoms with Crippen LogP contribution in [0.15, 0.2) is 39.3 Å². The van der Waals surface area contributed by atoms with E-state index in [-0.39, 0.29) is 5.04 Å². The van der Waals surface area contributed by atoms with E-state index in [1.807, 2.05) is 29.4 Å². The first-order valence-corrected chi connectivity index (χ1v) is 11.4. The summed E-state index contributed by atoms with van der Waals surface area (Å²) in [6, 6.07) is 5.96. The molecular weight excluding hydrogens is 350 g/mol. The van der Waals surface area contributed by atoms with E-state index in [4.69, 9.17) is 4.43 Å². The van der Waals surface area contributed by atoms with Crippen LogP contribution in [0.2, 0.25) is 18.1 Å². The normalized spacial score (nSPS) is 13.6. The molecule has 20 heavy (non-hydrogen) atoms. The smallest absolute Gasteiger partial charge is 0.191 e. The van der Waals surface area contributed by atoms with Crippen molar-refractivity contribution in [3.63, 3.8) is 0 Å². The molecule has 0 aliphatic carbocycles. The SMILES string of the molecule is CC(C)(C)[Si](C)(C)OCC/C(=C/Br)Sc1ccccn1. The molecule has 0 fully saturated rings. The Kier molecular flexibility index (Phi) is 6.98. The van der Waals surface area contributed by atoms with Gasteiger partial charge in [-0.15, -0.1) is 0 Å². The minimum Gasteiger partial charge on any atom is -0.416 e. The summed E-state index contributed by atoms with van der Waals surface area (Å²) in [5.41, 5.74) is 0. The van der Waals surface area contributed by atoms with E-state index in [1.165, 1.54) is 4.91 Å². The largest absolute Gasteiger partial charge is 0.416 e. The van der Waals surface area contributed by atoms with Gasteiger partial charge >= 0.3 is 0 Å². The fourth-order valence-corrected chi connectivity index (χ4v) is 3.61. The Bertz CT molecular complexity index is 443. The van der Waals surface area contributed by atoms with Crippen molar-refractivity contribution in [1.29, 1.82) is 0 Å². The third kappa shape index (κ3) is 5.72. The summed E-state index contributed by atoms with van der Waals surface area (Å²) in [6.45, 7) is 12.1. The van der Waals surface area contributed by atoms with Crippen LogP contribution in [0.5, 0.6) is 0 Å². The lowest BCUT2D eigenvalue weighted by Crippen LogP contribution is -2.40. The van der Waals surface area contributed by atoms with Crippen molar-refractivity contribution in [2.75, 3.05) is 6.61 Å². The van der Waals surface area contributed by atoms with Gasteiger partial charge in [-0.3, -0.25) is 0 Å². The van der Waals surface area contributed by atoms with Crippen molar-refractivity contribution in [2.45, 2.75) is 50.4 Å². The lowest BCUT2D eigenvalue weighted by Gasteiger charge is -2.36. The second kappa shape index (κ2) is 7.78. The van der Waals surface area contributed by atoms with Crippen molar-refractivity contribution in [1.82, 2.24) is 4.98 Å². The van der Waals surface area contributed by atoms with E-state index >= 15 is 0 Å². The van der Waals surface area contributed by atoms with Gasteiger partial charge in [0.15, 0.2) is 8.32 Å². The lowest BCUT2D eigenvalue weighted by atomic mass is 10.2. The summed E-state index contributed by atoms with van der Waals surface area (Å²) < 4.78 is 6.21. The quantitative estimate of drug-likeness (QED) is 0.463. The molecule has 1 rings (SSSR count). The first kappa shape index (κ1) is 17.9. The standard InChI is InChI=1S/C15H24BrNOSSi/c1-15(2,3)20(4,5)18-11-9-13(12-16)19-14-8-6-7-10-17-14/h6-8,10,12H,9,11H2,1-5H3/b13-12-. The fraction of sp³-hybridized carbons (Fsp3) is 0.533. The topological polar surface area (TPSA) is 22.1 Å². The van der Waals surface area contributed by atoms with E-state index in [9.17, 15) is 0 Å². The van der Waals surface area contributed by atoms with Crippen LogP contribution >= 0.6 is 27.7 Å². The van der Waals surface area contributed by atoms with Gasteiger partial charge in [-0.1, -0.05) is 54.5 Å². The lowest BCUT2D eigenvalue weighted by molar-refractivity contribution is 0.294. The zero-order valence-electron chi connectivity index (χ0n) is 12.9. The van der Waals surface area contributed by atoms with E-state index in [0.29, 0.717) is 0 Å². The monoisotopic (exact) mass is 373 g/mol. The third-order valence-corrected chi connectivity index (χ3v) is 10.0. The van der Waals surface area contributed by atoms with Crippen LogP contribution in [0, 0.1) is 0 Å². The zero-order chi connectivity index (χ0) is 15.2. The van der Waals surface area contributed by atoms with Gasteiger partial charge in [-0.2, -0.15) is 0 Å². The Balaban J connectivity index is 2.48. The summed E-state index contributed by atoms with van der Waals surface area (Å²) in [4.78, 5) is 7.54. The second-order valence-corrected chi connectivity index (χ2v) is 12.6. The number of rotatable bonds is 6. The molecule has 1 heterocycles. The Hall–Kier alpha value is -0.103. The van der Waals surface area contributed by atoms with E-state index in [1.54, 1.807) is 11.8 Å². The minimum atomic E-state index is -1.64. The zero-order valence-corrected chi connectivity index (χ0v) is 16.3.